The van der Waals surface area contributed by atoms with Crippen LogP contribution >= 0.6 is 0 Å². The van der Waals surface area contributed by atoms with Gasteiger partial charge < -0.3 is 0 Å². The Morgan fingerprint density at radius 2 is 2.12 bits per heavy atom. The molecule has 1 aliphatic rings. The van der Waals surface area contributed by atoms with Crippen molar-refractivity contribution in [3.05, 3.63) is 0 Å². The summed E-state index contributed by atoms with van der Waals surface area (Å²) in [6.07, 6.45) is 0.138. The number of carbonyl (C=O) groups excluding carboxylic acids is 2. The molecule has 0 saturated carbocycles. The maximum absolute atomic E-state index is 10.2. The van der Waals surface area contributed by atoms with E-state index < -0.39 is 11.8 Å². The van der Waals surface area contributed by atoms with Crippen LogP contribution in [0.5, 0.6) is 0 Å². The molecule has 1 aliphatic heterocycles. The van der Waals surface area contributed by atoms with Crippen molar-refractivity contribution in [1.29, 1.82) is 0 Å². The minimum atomic E-state index is -0.892. The van der Waals surface area contributed by atoms with Gasteiger partial charge in [0.2, 0.25) is 5.78 Å². The first-order chi connectivity index (χ1) is 3.80. The van der Waals surface area contributed by atoms with E-state index in [0.717, 1.165) is 0 Å². The molecule has 0 spiro atoms. The molecular formula is C4H4O4. The highest BCUT2D eigenvalue weighted by Crippen LogP contribution is 1.96. The first-order valence-electron chi connectivity index (χ1n) is 2.17. The Balaban J connectivity index is 2.52. The van der Waals surface area contributed by atoms with Gasteiger partial charge in [-0.2, -0.15) is 4.89 Å². The first-order valence-corrected chi connectivity index (χ1v) is 2.17. The fourth-order valence-corrected chi connectivity index (χ4v) is 0.378. The lowest BCUT2D eigenvalue weighted by Gasteiger charge is -2.05. The van der Waals surface area contributed by atoms with Crippen LogP contribution in [0.25, 0.3) is 0 Å². The van der Waals surface area contributed by atoms with Crippen molar-refractivity contribution < 1.29 is 19.4 Å². The molecule has 0 bridgehead atoms. The molecule has 1 heterocycles. The number of Topliss-reactive ketones (excluding diaryl/α,β-unsaturated/α-hetero) is 1. The third-order valence-electron chi connectivity index (χ3n) is 0.775. The molecule has 4 heteroatoms. The zero-order valence-corrected chi connectivity index (χ0v) is 4.05. The molecule has 1 rings (SSSR count). The molecule has 0 radical (unpaired) electrons. The lowest BCUT2D eigenvalue weighted by atomic mass is 10.3. The zero-order valence-electron chi connectivity index (χ0n) is 4.05. The fraction of sp³-hybridized carbons (Fsp3) is 0.500. The van der Waals surface area contributed by atoms with Gasteiger partial charge in [0.25, 0.3) is 0 Å². The van der Waals surface area contributed by atoms with Gasteiger partial charge in [-0.05, 0) is 0 Å². The molecule has 4 nitrogen and oxygen atoms in total. The van der Waals surface area contributed by atoms with E-state index >= 15 is 0 Å². The summed E-state index contributed by atoms with van der Waals surface area (Å²) < 4.78 is 0. The van der Waals surface area contributed by atoms with Crippen molar-refractivity contribution in [1.82, 2.24) is 0 Å². The number of carbonyl (C=O) groups is 2. The molecule has 44 valence electrons. The molecule has 0 amide bonds. The average Bonchev–Trinajstić information content (AvgIpc) is 1.77. The monoisotopic (exact) mass is 116 g/mol. The van der Waals surface area contributed by atoms with Crippen molar-refractivity contribution in [2.24, 2.45) is 0 Å². The third-order valence-corrected chi connectivity index (χ3v) is 0.775. The van der Waals surface area contributed by atoms with Crippen LogP contribution in [-0.2, 0) is 19.4 Å². The molecule has 0 aromatic heterocycles. The van der Waals surface area contributed by atoms with E-state index in [0.29, 0.717) is 0 Å². The van der Waals surface area contributed by atoms with E-state index in [1.54, 1.807) is 0 Å². The van der Waals surface area contributed by atoms with Gasteiger partial charge in [-0.3, -0.25) is 9.68 Å². The molecule has 0 unspecified atom stereocenters. The van der Waals surface area contributed by atoms with Crippen LogP contribution < -0.4 is 0 Å². The number of rotatable bonds is 0. The van der Waals surface area contributed by atoms with Gasteiger partial charge in [0, 0.05) is 6.42 Å². The Morgan fingerprint density at radius 3 is 2.50 bits per heavy atom. The Bertz CT molecular complexity index is 112. The summed E-state index contributed by atoms with van der Waals surface area (Å²) in [7, 11) is 0. The van der Waals surface area contributed by atoms with E-state index in [1.165, 1.54) is 0 Å². The maximum atomic E-state index is 10.2. The van der Waals surface area contributed by atoms with Crippen LogP contribution in [0.2, 0.25) is 0 Å². The van der Waals surface area contributed by atoms with Gasteiger partial charge in [-0.1, -0.05) is 0 Å². The summed E-state index contributed by atoms with van der Waals surface area (Å²) in [6.45, 7) is 0.185. The fourth-order valence-electron chi connectivity index (χ4n) is 0.378. The first kappa shape index (κ1) is 5.24. The van der Waals surface area contributed by atoms with Crippen molar-refractivity contribution in [2.45, 2.75) is 6.42 Å². The van der Waals surface area contributed by atoms with E-state index in [-0.39, 0.29) is 13.0 Å². The van der Waals surface area contributed by atoms with Crippen LogP contribution in [0.15, 0.2) is 0 Å². The van der Waals surface area contributed by atoms with Crippen molar-refractivity contribution >= 4 is 11.8 Å². The summed E-state index contributed by atoms with van der Waals surface area (Å²) >= 11 is 0. The van der Waals surface area contributed by atoms with Gasteiger partial charge in [0.15, 0.2) is 0 Å². The predicted octanol–water partition coefficient (Wildman–Crippen LogP) is -0.566. The van der Waals surface area contributed by atoms with Crippen molar-refractivity contribution in [2.75, 3.05) is 6.61 Å². The van der Waals surface area contributed by atoms with Crippen LogP contribution in [-0.4, -0.2) is 18.4 Å². The van der Waals surface area contributed by atoms with Gasteiger partial charge in [0.1, 0.15) is 6.61 Å². The highest BCUT2D eigenvalue weighted by molar-refractivity contribution is 6.33. The van der Waals surface area contributed by atoms with Gasteiger partial charge >= 0.3 is 5.97 Å². The quantitative estimate of drug-likeness (QED) is 0.314. The molecule has 0 aromatic rings. The summed E-state index contributed by atoms with van der Waals surface area (Å²) in [5, 5.41) is 0. The molecule has 0 N–H and O–H groups in total. The van der Waals surface area contributed by atoms with Crippen LogP contribution in [0, 0.1) is 0 Å². The van der Waals surface area contributed by atoms with Gasteiger partial charge in [-0.25, -0.2) is 4.79 Å². The molecular weight excluding hydrogens is 112 g/mol. The molecule has 1 fully saturated rings. The van der Waals surface area contributed by atoms with Crippen molar-refractivity contribution in [3.63, 3.8) is 0 Å². The van der Waals surface area contributed by atoms with E-state index in [1.807, 2.05) is 0 Å². The predicted molar refractivity (Wildman–Crippen MR) is 21.7 cm³/mol. The standard InChI is InChI=1S/C4H4O4/c5-3-1-2-7-8-4(3)6/h1-2H2. The summed E-state index contributed by atoms with van der Waals surface area (Å²) in [5.74, 6) is -1.41. The Morgan fingerprint density at radius 1 is 1.38 bits per heavy atom. The van der Waals surface area contributed by atoms with E-state index in [2.05, 4.69) is 9.78 Å². The van der Waals surface area contributed by atoms with Gasteiger partial charge in [0.05, 0.1) is 0 Å². The van der Waals surface area contributed by atoms with E-state index in [9.17, 15) is 9.59 Å². The van der Waals surface area contributed by atoms with Crippen LogP contribution in [0.1, 0.15) is 6.42 Å². The summed E-state index contributed by atoms with van der Waals surface area (Å²) in [4.78, 5) is 28.4. The normalized spacial score (nSPS) is 20.5. The third kappa shape index (κ3) is 0.840. The smallest absolute Gasteiger partial charge is 0.289 e. The topological polar surface area (TPSA) is 52.6 Å². The minimum Gasteiger partial charge on any atom is -0.289 e. The SMILES string of the molecule is O=C1CCOOC1=O. The molecule has 0 atom stereocenters. The zero-order chi connectivity index (χ0) is 5.98. The van der Waals surface area contributed by atoms with Crippen LogP contribution in [0.4, 0.5) is 0 Å². The Hall–Kier alpha value is -0.900. The lowest BCUT2D eigenvalue weighted by molar-refractivity contribution is -0.277. The average molecular weight is 116 g/mol. The molecule has 0 aromatic carbocycles. The Kier molecular flexibility index (Phi) is 1.26. The second-order valence-corrected chi connectivity index (χ2v) is 1.37. The van der Waals surface area contributed by atoms with Gasteiger partial charge in [-0.15, -0.1) is 0 Å². The second kappa shape index (κ2) is 1.92. The molecule has 0 aliphatic carbocycles. The highest BCUT2D eigenvalue weighted by Gasteiger charge is 2.20. The minimum absolute atomic E-state index is 0.138. The maximum Gasteiger partial charge on any atom is 0.408 e. The highest BCUT2D eigenvalue weighted by atomic mass is 17.2. The summed E-state index contributed by atoms with van der Waals surface area (Å²) in [5.41, 5.74) is 0. The number of hydrogen-bond donors (Lipinski definition) is 0. The van der Waals surface area contributed by atoms with Crippen molar-refractivity contribution in [3.8, 4) is 0 Å². The largest absolute Gasteiger partial charge is 0.408 e. The number of ketones is 1. The Labute approximate surface area is 45.3 Å². The molecule has 8 heavy (non-hydrogen) atoms. The van der Waals surface area contributed by atoms with E-state index in [4.69, 9.17) is 0 Å². The second-order valence-electron chi connectivity index (χ2n) is 1.37. The lowest BCUT2D eigenvalue weighted by Crippen LogP contribution is -2.24. The summed E-state index contributed by atoms with van der Waals surface area (Å²) in [6, 6.07) is 0. The number of hydrogen-bond acceptors (Lipinski definition) is 4. The van der Waals surface area contributed by atoms with Crippen LogP contribution in [0.3, 0.4) is 0 Å². The molecule has 1 saturated heterocycles.